The molecule has 144 valence electrons. The van der Waals surface area contributed by atoms with Gasteiger partial charge in [0.15, 0.2) is 0 Å². The first kappa shape index (κ1) is 18.6. The highest BCUT2D eigenvalue weighted by molar-refractivity contribution is 5.94. The maximum Gasteiger partial charge on any atom is 0.254 e. The second-order valence-corrected chi connectivity index (χ2v) is 6.67. The number of rotatable bonds is 7. The minimum Gasteiger partial charge on any atom is -0.467 e. The first-order chi connectivity index (χ1) is 14.3. The van der Waals surface area contributed by atoms with E-state index in [0.717, 1.165) is 22.8 Å². The van der Waals surface area contributed by atoms with E-state index in [1.165, 1.54) is 0 Å². The van der Waals surface area contributed by atoms with Gasteiger partial charge in [-0.25, -0.2) is 0 Å². The molecule has 3 aromatic carbocycles. The van der Waals surface area contributed by atoms with Crippen LogP contribution in [0.4, 0.5) is 0 Å². The summed E-state index contributed by atoms with van der Waals surface area (Å²) in [7, 11) is 0. The van der Waals surface area contributed by atoms with Crippen molar-refractivity contribution >= 4 is 5.91 Å². The number of nitrogens with zero attached hydrogens (tertiary/aromatic N) is 1. The molecule has 0 fully saturated rings. The van der Waals surface area contributed by atoms with Crippen molar-refractivity contribution in [3.05, 3.63) is 120 Å². The third-order valence-electron chi connectivity index (χ3n) is 4.49. The van der Waals surface area contributed by atoms with Gasteiger partial charge in [0.2, 0.25) is 0 Å². The zero-order valence-electron chi connectivity index (χ0n) is 15.9. The van der Waals surface area contributed by atoms with E-state index in [1.54, 1.807) is 11.2 Å². The Morgan fingerprint density at radius 3 is 2.21 bits per heavy atom. The molecule has 4 heteroatoms. The summed E-state index contributed by atoms with van der Waals surface area (Å²) in [4.78, 5) is 14.9. The number of benzene rings is 3. The highest BCUT2D eigenvalue weighted by Gasteiger charge is 2.18. The van der Waals surface area contributed by atoms with Gasteiger partial charge in [0, 0.05) is 12.1 Å². The van der Waals surface area contributed by atoms with E-state index in [2.05, 4.69) is 0 Å². The zero-order valence-corrected chi connectivity index (χ0v) is 15.9. The number of carbonyl (C=O) groups excluding carboxylic acids is 1. The summed E-state index contributed by atoms with van der Waals surface area (Å²) in [5.74, 6) is 2.21. The molecule has 0 saturated carbocycles. The second kappa shape index (κ2) is 8.93. The van der Waals surface area contributed by atoms with Gasteiger partial charge in [-0.05, 0) is 54.1 Å². The Kier molecular flexibility index (Phi) is 5.72. The molecule has 0 spiro atoms. The lowest BCUT2D eigenvalue weighted by molar-refractivity contribution is 0.0717. The molecule has 0 bridgehead atoms. The van der Waals surface area contributed by atoms with Crippen LogP contribution in [0.1, 0.15) is 21.7 Å². The molecule has 0 aliphatic carbocycles. The lowest BCUT2D eigenvalue weighted by Crippen LogP contribution is -2.30. The van der Waals surface area contributed by atoms with Crippen LogP contribution in [0.15, 0.2) is 108 Å². The SMILES string of the molecule is O=C(c1ccccc1)N(Cc1cccc(Oc2ccccc2)c1)Cc1ccco1. The molecule has 0 radical (unpaired) electrons. The van der Waals surface area contributed by atoms with Crippen molar-refractivity contribution in [3.8, 4) is 11.5 Å². The standard InChI is InChI=1S/C25H21NO3/c27-25(21-10-3-1-4-11-21)26(19-24-15-8-16-28-24)18-20-9-7-14-23(17-20)29-22-12-5-2-6-13-22/h1-17H,18-19H2. The van der Waals surface area contributed by atoms with Gasteiger partial charge in [0.05, 0.1) is 12.8 Å². The summed E-state index contributed by atoms with van der Waals surface area (Å²) >= 11 is 0. The summed E-state index contributed by atoms with van der Waals surface area (Å²) in [6.45, 7) is 0.838. The normalized spacial score (nSPS) is 10.5. The monoisotopic (exact) mass is 383 g/mol. The van der Waals surface area contributed by atoms with Crippen molar-refractivity contribution in [2.45, 2.75) is 13.1 Å². The molecule has 4 aromatic rings. The largest absolute Gasteiger partial charge is 0.467 e. The molecule has 0 aliphatic rings. The van der Waals surface area contributed by atoms with Crippen LogP contribution in [-0.2, 0) is 13.1 Å². The van der Waals surface area contributed by atoms with E-state index in [1.807, 2.05) is 97.1 Å². The fraction of sp³-hybridized carbons (Fsp3) is 0.0800. The van der Waals surface area contributed by atoms with Crippen molar-refractivity contribution in [2.75, 3.05) is 0 Å². The van der Waals surface area contributed by atoms with Crippen molar-refractivity contribution in [1.29, 1.82) is 0 Å². The Bertz CT molecular complexity index is 1040. The molecule has 1 heterocycles. The highest BCUT2D eigenvalue weighted by Crippen LogP contribution is 2.23. The average molecular weight is 383 g/mol. The molecule has 4 nitrogen and oxygen atoms in total. The lowest BCUT2D eigenvalue weighted by Gasteiger charge is -2.22. The van der Waals surface area contributed by atoms with Crippen LogP contribution < -0.4 is 4.74 Å². The van der Waals surface area contributed by atoms with Crippen LogP contribution in [-0.4, -0.2) is 10.8 Å². The summed E-state index contributed by atoms with van der Waals surface area (Å²) in [5.41, 5.74) is 1.63. The van der Waals surface area contributed by atoms with Crippen molar-refractivity contribution in [1.82, 2.24) is 4.90 Å². The average Bonchev–Trinajstić information content (AvgIpc) is 3.28. The van der Waals surface area contributed by atoms with E-state index < -0.39 is 0 Å². The molecule has 0 unspecified atom stereocenters. The van der Waals surface area contributed by atoms with E-state index in [-0.39, 0.29) is 5.91 Å². The third-order valence-corrected chi connectivity index (χ3v) is 4.49. The maximum absolute atomic E-state index is 13.1. The first-order valence-electron chi connectivity index (χ1n) is 9.46. The van der Waals surface area contributed by atoms with Gasteiger partial charge in [0.1, 0.15) is 17.3 Å². The van der Waals surface area contributed by atoms with Gasteiger partial charge >= 0.3 is 0 Å². The number of furan rings is 1. The second-order valence-electron chi connectivity index (χ2n) is 6.67. The van der Waals surface area contributed by atoms with Crippen LogP contribution in [0, 0.1) is 0 Å². The third kappa shape index (κ3) is 4.93. The van der Waals surface area contributed by atoms with Gasteiger partial charge in [0.25, 0.3) is 5.91 Å². The van der Waals surface area contributed by atoms with Crippen LogP contribution >= 0.6 is 0 Å². The van der Waals surface area contributed by atoms with Crippen molar-refractivity contribution in [2.24, 2.45) is 0 Å². The van der Waals surface area contributed by atoms with Gasteiger partial charge < -0.3 is 14.1 Å². The maximum atomic E-state index is 13.1. The topological polar surface area (TPSA) is 42.7 Å². The lowest BCUT2D eigenvalue weighted by atomic mass is 10.1. The molecule has 4 rings (SSSR count). The van der Waals surface area contributed by atoms with E-state index in [4.69, 9.17) is 9.15 Å². The van der Waals surface area contributed by atoms with E-state index >= 15 is 0 Å². The Hall–Kier alpha value is -3.79. The van der Waals surface area contributed by atoms with Crippen LogP contribution in [0.3, 0.4) is 0 Å². The van der Waals surface area contributed by atoms with Crippen molar-refractivity contribution < 1.29 is 13.9 Å². The number of hydrogen-bond acceptors (Lipinski definition) is 3. The molecule has 0 N–H and O–H groups in total. The van der Waals surface area contributed by atoms with Gasteiger partial charge in [-0.2, -0.15) is 0 Å². The molecule has 1 amide bonds. The molecular formula is C25H21NO3. The number of amides is 1. The molecule has 0 aliphatic heterocycles. The van der Waals surface area contributed by atoms with E-state index in [9.17, 15) is 4.79 Å². The van der Waals surface area contributed by atoms with Crippen LogP contribution in [0.2, 0.25) is 0 Å². The molecular weight excluding hydrogens is 362 g/mol. The zero-order chi connectivity index (χ0) is 19.9. The minimum atomic E-state index is -0.0450. The number of ether oxygens (including phenoxy) is 1. The fourth-order valence-electron chi connectivity index (χ4n) is 3.11. The molecule has 29 heavy (non-hydrogen) atoms. The van der Waals surface area contributed by atoms with Crippen LogP contribution in [0.25, 0.3) is 0 Å². The molecule has 0 atom stereocenters. The fourth-order valence-corrected chi connectivity index (χ4v) is 3.11. The Balaban J connectivity index is 1.55. The summed E-state index contributed by atoms with van der Waals surface area (Å²) < 4.78 is 11.4. The van der Waals surface area contributed by atoms with Crippen molar-refractivity contribution in [3.63, 3.8) is 0 Å². The smallest absolute Gasteiger partial charge is 0.254 e. The predicted molar refractivity (Wildman–Crippen MR) is 112 cm³/mol. The number of para-hydroxylation sites is 1. The van der Waals surface area contributed by atoms with Gasteiger partial charge in [-0.3, -0.25) is 4.79 Å². The van der Waals surface area contributed by atoms with Gasteiger partial charge in [-0.1, -0.05) is 48.5 Å². The molecule has 1 aromatic heterocycles. The highest BCUT2D eigenvalue weighted by atomic mass is 16.5. The summed E-state index contributed by atoms with van der Waals surface area (Å²) in [5, 5.41) is 0. The molecule has 0 saturated heterocycles. The van der Waals surface area contributed by atoms with Crippen LogP contribution in [0.5, 0.6) is 11.5 Å². The Morgan fingerprint density at radius 1 is 0.759 bits per heavy atom. The summed E-state index contributed by atoms with van der Waals surface area (Å²) in [6.07, 6.45) is 1.62. The number of hydrogen-bond donors (Lipinski definition) is 0. The van der Waals surface area contributed by atoms with Gasteiger partial charge in [-0.15, -0.1) is 0 Å². The summed E-state index contributed by atoms with van der Waals surface area (Å²) in [6, 6.07) is 30.4. The number of carbonyl (C=O) groups is 1. The predicted octanol–water partition coefficient (Wildman–Crippen LogP) is 5.91. The minimum absolute atomic E-state index is 0.0450. The Labute approximate surface area is 170 Å². The van der Waals surface area contributed by atoms with E-state index in [0.29, 0.717) is 18.7 Å². The first-order valence-corrected chi connectivity index (χ1v) is 9.46. The Morgan fingerprint density at radius 2 is 1.48 bits per heavy atom. The quantitative estimate of drug-likeness (QED) is 0.398.